The van der Waals surface area contributed by atoms with E-state index >= 15 is 0 Å². The summed E-state index contributed by atoms with van der Waals surface area (Å²) in [7, 11) is 13.3. The summed E-state index contributed by atoms with van der Waals surface area (Å²) in [6.07, 6.45) is 0.956. The van der Waals surface area contributed by atoms with Gasteiger partial charge < -0.3 is 14.5 Å². The second-order valence-electron chi connectivity index (χ2n) is 5.55. The summed E-state index contributed by atoms with van der Waals surface area (Å²) >= 11 is 0. The van der Waals surface area contributed by atoms with Crippen molar-refractivity contribution in [2.75, 3.05) is 56.0 Å². The van der Waals surface area contributed by atoms with Gasteiger partial charge in [0.2, 0.25) is 0 Å². The zero-order chi connectivity index (χ0) is 17.8. The van der Waals surface area contributed by atoms with E-state index in [-0.39, 0.29) is 0 Å². The van der Waals surface area contributed by atoms with Gasteiger partial charge in [-0.3, -0.25) is 9.98 Å². The SMILES string of the molecule is CN=C(C)N(C)C.CN=C(c1ccc(CCOC)cc1)N(C)C. The van der Waals surface area contributed by atoms with Crippen LogP contribution in [-0.2, 0) is 11.2 Å². The summed E-state index contributed by atoms with van der Waals surface area (Å²) in [5.41, 5.74) is 2.44. The molecule has 0 saturated carbocycles. The molecule has 1 aromatic rings. The number of hydrogen-bond donors (Lipinski definition) is 0. The molecule has 1 aromatic carbocycles. The quantitative estimate of drug-likeness (QED) is 0.632. The number of aliphatic imine (C=N–C) groups is 2. The Kier molecular flexibility index (Phi) is 10.7. The molecule has 1 rings (SSSR count). The molecule has 0 fully saturated rings. The van der Waals surface area contributed by atoms with Crippen molar-refractivity contribution in [3.63, 3.8) is 0 Å². The van der Waals surface area contributed by atoms with Crippen molar-refractivity contribution in [1.29, 1.82) is 0 Å². The molecule has 0 N–H and O–H groups in total. The molecule has 5 heteroatoms. The predicted molar refractivity (Wildman–Crippen MR) is 101 cm³/mol. The zero-order valence-electron chi connectivity index (χ0n) is 15.9. The molecule has 0 aromatic heterocycles. The van der Waals surface area contributed by atoms with Crippen molar-refractivity contribution in [3.8, 4) is 0 Å². The van der Waals surface area contributed by atoms with Gasteiger partial charge in [0.15, 0.2) is 0 Å². The van der Waals surface area contributed by atoms with Gasteiger partial charge in [0, 0.05) is 55.0 Å². The standard InChI is InChI=1S/C13H20N2O.C5H12N2/c1-14-13(15(2)3)12-7-5-11(6-8-12)9-10-16-4;1-5(6-2)7(3)4/h5-8H,9-10H2,1-4H3;1-4H3. The van der Waals surface area contributed by atoms with Gasteiger partial charge in [0.05, 0.1) is 12.4 Å². The highest BCUT2D eigenvalue weighted by Crippen LogP contribution is 2.07. The molecule has 0 saturated heterocycles. The number of hydrogen-bond acceptors (Lipinski definition) is 3. The second kappa shape index (κ2) is 11.7. The zero-order valence-corrected chi connectivity index (χ0v) is 15.9. The molecule has 130 valence electrons. The van der Waals surface area contributed by atoms with Crippen LogP contribution in [0, 0.1) is 0 Å². The highest BCUT2D eigenvalue weighted by molar-refractivity contribution is 5.98. The Morgan fingerprint density at radius 3 is 1.83 bits per heavy atom. The highest BCUT2D eigenvalue weighted by Gasteiger charge is 2.04. The maximum Gasteiger partial charge on any atom is 0.130 e. The smallest absolute Gasteiger partial charge is 0.130 e. The highest BCUT2D eigenvalue weighted by atomic mass is 16.5. The Bertz CT molecular complexity index is 490. The number of benzene rings is 1. The number of ether oxygens (including phenoxy) is 1. The number of methoxy groups -OCH3 is 1. The molecule has 0 atom stereocenters. The third-order valence-corrected chi connectivity index (χ3v) is 3.41. The van der Waals surface area contributed by atoms with Gasteiger partial charge >= 0.3 is 0 Å². The van der Waals surface area contributed by atoms with Gasteiger partial charge in [0.1, 0.15) is 5.84 Å². The monoisotopic (exact) mass is 320 g/mol. The molecule has 0 radical (unpaired) electrons. The van der Waals surface area contributed by atoms with Crippen molar-refractivity contribution >= 4 is 11.7 Å². The minimum Gasteiger partial charge on any atom is -0.384 e. The van der Waals surface area contributed by atoms with E-state index in [0.717, 1.165) is 30.3 Å². The van der Waals surface area contributed by atoms with E-state index in [1.807, 2.05) is 52.0 Å². The molecule has 0 unspecified atom stereocenters. The summed E-state index contributed by atoms with van der Waals surface area (Å²) < 4.78 is 5.05. The average molecular weight is 320 g/mol. The predicted octanol–water partition coefficient (Wildman–Crippen LogP) is 2.41. The first-order valence-corrected chi connectivity index (χ1v) is 7.70. The van der Waals surface area contributed by atoms with E-state index < -0.39 is 0 Å². The topological polar surface area (TPSA) is 40.4 Å². The van der Waals surface area contributed by atoms with E-state index in [1.165, 1.54) is 5.56 Å². The summed E-state index contributed by atoms with van der Waals surface area (Å²) in [5, 5.41) is 0. The fourth-order valence-corrected chi connectivity index (χ4v) is 1.83. The van der Waals surface area contributed by atoms with Crippen molar-refractivity contribution in [2.45, 2.75) is 13.3 Å². The van der Waals surface area contributed by atoms with Crippen LogP contribution in [0.25, 0.3) is 0 Å². The Balaban J connectivity index is 0.000000585. The molecule has 23 heavy (non-hydrogen) atoms. The van der Waals surface area contributed by atoms with E-state index in [2.05, 4.69) is 34.3 Å². The van der Waals surface area contributed by atoms with Crippen LogP contribution in [0.4, 0.5) is 0 Å². The van der Waals surface area contributed by atoms with Crippen molar-refractivity contribution in [1.82, 2.24) is 9.80 Å². The lowest BCUT2D eigenvalue weighted by Gasteiger charge is -2.15. The van der Waals surface area contributed by atoms with Crippen LogP contribution < -0.4 is 0 Å². The van der Waals surface area contributed by atoms with Crippen LogP contribution in [0.5, 0.6) is 0 Å². The summed E-state index contributed by atoms with van der Waals surface area (Å²) in [4.78, 5) is 12.2. The van der Waals surface area contributed by atoms with Crippen molar-refractivity contribution < 1.29 is 4.74 Å². The summed E-state index contributed by atoms with van der Waals surface area (Å²) in [5.74, 6) is 2.05. The van der Waals surface area contributed by atoms with Crippen LogP contribution in [0.15, 0.2) is 34.3 Å². The first kappa shape index (κ1) is 21.1. The van der Waals surface area contributed by atoms with Crippen molar-refractivity contribution in [2.24, 2.45) is 9.98 Å². The third-order valence-electron chi connectivity index (χ3n) is 3.41. The van der Waals surface area contributed by atoms with Gasteiger partial charge in [-0.2, -0.15) is 0 Å². The van der Waals surface area contributed by atoms with Gasteiger partial charge in [0.25, 0.3) is 0 Å². The van der Waals surface area contributed by atoms with Gasteiger partial charge in [-0.05, 0) is 18.9 Å². The molecular weight excluding hydrogens is 288 g/mol. The fourth-order valence-electron chi connectivity index (χ4n) is 1.83. The molecule has 5 nitrogen and oxygen atoms in total. The van der Waals surface area contributed by atoms with E-state index in [1.54, 1.807) is 14.2 Å². The van der Waals surface area contributed by atoms with Gasteiger partial charge in [-0.15, -0.1) is 0 Å². The minimum atomic E-state index is 0.766. The van der Waals surface area contributed by atoms with Crippen LogP contribution in [0.2, 0.25) is 0 Å². The molecule has 0 aliphatic carbocycles. The number of rotatable bonds is 4. The van der Waals surface area contributed by atoms with E-state index in [9.17, 15) is 0 Å². The number of amidine groups is 2. The van der Waals surface area contributed by atoms with E-state index in [0.29, 0.717) is 0 Å². The Morgan fingerprint density at radius 2 is 1.52 bits per heavy atom. The van der Waals surface area contributed by atoms with Crippen LogP contribution in [-0.4, -0.2) is 77.5 Å². The number of nitrogens with zero attached hydrogens (tertiary/aromatic N) is 4. The molecule has 0 spiro atoms. The molecule has 0 aliphatic heterocycles. The average Bonchev–Trinajstić information content (AvgIpc) is 2.54. The van der Waals surface area contributed by atoms with Crippen LogP contribution in [0.1, 0.15) is 18.1 Å². The van der Waals surface area contributed by atoms with Crippen LogP contribution >= 0.6 is 0 Å². The van der Waals surface area contributed by atoms with E-state index in [4.69, 9.17) is 4.74 Å². The molecular formula is C18H32N4O. The lowest BCUT2D eigenvalue weighted by Crippen LogP contribution is -2.22. The fraction of sp³-hybridized carbons (Fsp3) is 0.556. The van der Waals surface area contributed by atoms with Gasteiger partial charge in [-0.1, -0.05) is 24.3 Å². The molecule has 0 bridgehead atoms. The lowest BCUT2D eigenvalue weighted by molar-refractivity contribution is 0.202. The summed E-state index contributed by atoms with van der Waals surface area (Å²) in [6, 6.07) is 8.46. The molecule has 0 aliphatic rings. The first-order valence-electron chi connectivity index (χ1n) is 7.70. The lowest BCUT2D eigenvalue weighted by atomic mass is 10.1. The molecule has 0 amide bonds. The maximum absolute atomic E-state index is 5.05. The third kappa shape index (κ3) is 8.35. The minimum absolute atomic E-state index is 0.766. The second-order valence-corrected chi connectivity index (χ2v) is 5.55. The normalized spacial score (nSPS) is 11.7. The Hall–Kier alpha value is -1.88. The Morgan fingerprint density at radius 1 is 0.957 bits per heavy atom. The molecule has 0 heterocycles. The Labute approximate surface area is 141 Å². The summed E-state index contributed by atoms with van der Waals surface area (Å²) in [6.45, 7) is 2.74. The van der Waals surface area contributed by atoms with Crippen LogP contribution in [0.3, 0.4) is 0 Å². The first-order chi connectivity index (χ1) is 10.9. The van der Waals surface area contributed by atoms with Crippen molar-refractivity contribution in [3.05, 3.63) is 35.4 Å². The largest absolute Gasteiger partial charge is 0.384 e. The van der Waals surface area contributed by atoms with Gasteiger partial charge in [-0.25, -0.2) is 0 Å². The maximum atomic E-state index is 5.05.